The molecule has 0 radical (unpaired) electrons. The number of para-hydroxylation sites is 2. The number of anilines is 1. The first-order valence-electron chi connectivity index (χ1n) is 10.6. The second-order valence-corrected chi connectivity index (χ2v) is 9.62. The van der Waals surface area contributed by atoms with Gasteiger partial charge < -0.3 is 19.2 Å². The Morgan fingerprint density at radius 3 is 2.67 bits per heavy atom. The summed E-state index contributed by atoms with van der Waals surface area (Å²) in [7, 11) is -3.73. The van der Waals surface area contributed by atoms with E-state index in [4.69, 9.17) is 13.9 Å². The average molecular weight is 472 g/mol. The molecule has 1 aliphatic rings. The summed E-state index contributed by atoms with van der Waals surface area (Å²) in [6.07, 6.45) is 2.55. The van der Waals surface area contributed by atoms with Gasteiger partial charge in [0.2, 0.25) is 21.8 Å². The van der Waals surface area contributed by atoms with Crippen molar-refractivity contribution in [1.29, 1.82) is 0 Å². The molecule has 1 saturated heterocycles. The van der Waals surface area contributed by atoms with Crippen molar-refractivity contribution in [2.75, 3.05) is 31.6 Å². The number of nitrogens with zero attached hydrogens (tertiary/aromatic N) is 2. The molecule has 0 atom stereocenters. The van der Waals surface area contributed by atoms with Gasteiger partial charge in [0, 0.05) is 25.2 Å². The molecule has 0 bridgehead atoms. The van der Waals surface area contributed by atoms with Gasteiger partial charge in [-0.1, -0.05) is 12.1 Å². The van der Waals surface area contributed by atoms with E-state index < -0.39 is 15.9 Å². The Balaban J connectivity index is 1.57. The first kappa shape index (κ1) is 23.0. The van der Waals surface area contributed by atoms with Gasteiger partial charge >= 0.3 is 0 Å². The number of sulfonamides is 1. The van der Waals surface area contributed by atoms with Crippen LogP contribution in [0.5, 0.6) is 5.75 Å². The first-order chi connectivity index (χ1) is 15.8. The molecule has 10 heteroatoms. The second-order valence-electron chi connectivity index (χ2n) is 7.68. The lowest BCUT2D eigenvalue weighted by Crippen LogP contribution is -2.40. The Kier molecular flexibility index (Phi) is 6.77. The van der Waals surface area contributed by atoms with E-state index >= 15 is 0 Å². The summed E-state index contributed by atoms with van der Waals surface area (Å²) in [6.45, 7) is 4.94. The monoisotopic (exact) mass is 471 g/mol. The molecule has 174 valence electrons. The van der Waals surface area contributed by atoms with Gasteiger partial charge in [0.25, 0.3) is 0 Å². The summed E-state index contributed by atoms with van der Waals surface area (Å²) in [5.74, 6) is 0.176. The molecule has 1 amide bonds. The Morgan fingerprint density at radius 1 is 1.18 bits per heavy atom. The first-order valence-corrected chi connectivity index (χ1v) is 12.0. The zero-order valence-electron chi connectivity index (χ0n) is 18.4. The Hall–Kier alpha value is -3.21. The van der Waals surface area contributed by atoms with Crippen molar-refractivity contribution in [2.24, 2.45) is 0 Å². The van der Waals surface area contributed by atoms with E-state index in [2.05, 4.69) is 10.3 Å². The lowest BCUT2D eigenvalue weighted by atomic mass is 10.2. The van der Waals surface area contributed by atoms with Gasteiger partial charge in [0.1, 0.15) is 11.3 Å². The molecule has 0 spiro atoms. The quantitative estimate of drug-likeness (QED) is 0.527. The highest BCUT2D eigenvalue weighted by molar-refractivity contribution is 7.89. The van der Waals surface area contributed by atoms with Crippen LogP contribution in [0, 0.1) is 0 Å². The van der Waals surface area contributed by atoms with Crippen molar-refractivity contribution < 1.29 is 27.1 Å². The van der Waals surface area contributed by atoms with Gasteiger partial charge in [0.05, 0.1) is 29.9 Å². The number of morpholine rings is 1. The molecule has 0 unspecified atom stereocenters. The standard InChI is InChI=1S/C23H25N3O6S/c1-16(2)31-21-8-7-17(33(28,29)26-11-13-30-14-12-26)15-19(21)24-22(27)9-10-23-25-18-5-3-4-6-20(18)32-23/h3-10,15-16H,11-14H2,1-2H3,(H,24,27). The fraction of sp³-hybridized carbons (Fsp3) is 0.304. The van der Waals surface area contributed by atoms with E-state index in [1.54, 1.807) is 12.1 Å². The molecule has 2 heterocycles. The number of benzene rings is 2. The number of ether oxygens (including phenoxy) is 2. The highest BCUT2D eigenvalue weighted by Gasteiger charge is 2.27. The smallest absolute Gasteiger partial charge is 0.248 e. The minimum absolute atomic E-state index is 0.0683. The highest BCUT2D eigenvalue weighted by Crippen LogP contribution is 2.30. The molecule has 4 rings (SSSR count). The van der Waals surface area contributed by atoms with Crippen LogP contribution in [-0.2, 0) is 19.6 Å². The zero-order chi connectivity index (χ0) is 23.4. The summed E-state index contributed by atoms with van der Waals surface area (Å²) in [6, 6.07) is 11.7. The molecule has 0 aliphatic carbocycles. The largest absolute Gasteiger partial charge is 0.489 e. The van der Waals surface area contributed by atoms with E-state index in [9.17, 15) is 13.2 Å². The number of oxazole rings is 1. The van der Waals surface area contributed by atoms with Crippen LogP contribution in [0.1, 0.15) is 19.7 Å². The third kappa shape index (κ3) is 5.41. The molecule has 1 N–H and O–H groups in total. The minimum atomic E-state index is -3.73. The number of hydrogen-bond donors (Lipinski definition) is 1. The van der Waals surface area contributed by atoms with Crippen molar-refractivity contribution >= 4 is 38.8 Å². The zero-order valence-corrected chi connectivity index (χ0v) is 19.2. The van der Waals surface area contributed by atoms with Crippen LogP contribution < -0.4 is 10.1 Å². The molecule has 0 saturated carbocycles. The van der Waals surface area contributed by atoms with E-state index in [-0.39, 0.29) is 35.7 Å². The maximum Gasteiger partial charge on any atom is 0.248 e. The van der Waals surface area contributed by atoms with E-state index in [1.165, 1.54) is 28.6 Å². The fourth-order valence-electron chi connectivity index (χ4n) is 3.34. The Labute approximate surface area is 192 Å². The van der Waals surface area contributed by atoms with Gasteiger partial charge in [0.15, 0.2) is 5.58 Å². The van der Waals surface area contributed by atoms with Crippen LogP contribution in [0.25, 0.3) is 17.2 Å². The van der Waals surface area contributed by atoms with Gasteiger partial charge in [-0.25, -0.2) is 13.4 Å². The Bertz CT molecular complexity index is 1240. The molecular weight excluding hydrogens is 446 g/mol. The van der Waals surface area contributed by atoms with E-state index in [0.717, 1.165) is 0 Å². The summed E-state index contributed by atoms with van der Waals surface area (Å²) in [5, 5.41) is 2.71. The fourth-order valence-corrected chi connectivity index (χ4v) is 4.78. The van der Waals surface area contributed by atoms with Crippen molar-refractivity contribution in [3.05, 3.63) is 54.4 Å². The van der Waals surface area contributed by atoms with E-state index in [0.29, 0.717) is 30.1 Å². The Morgan fingerprint density at radius 2 is 1.94 bits per heavy atom. The van der Waals surface area contributed by atoms with Crippen molar-refractivity contribution in [2.45, 2.75) is 24.8 Å². The summed E-state index contributed by atoms with van der Waals surface area (Å²) in [5.41, 5.74) is 1.56. The number of carbonyl (C=O) groups excluding carboxylic acids is 1. The van der Waals surface area contributed by atoms with Crippen molar-refractivity contribution in [3.8, 4) is 5.75 Å². The van der Waals surface area contributed by atoms with Crippen LogP contribution in [0.15, 0.2) is 57.9 Å². The number of carbonyl (C=O) groups is 1. The average Bonchev–Trinajstić information content (AvgIpc) is 3.22. The number of rotatable bonds is 7. The van der Waals surface area contributed by atoms with Crippen LogP contribution >= 0.6 is 0 Å². The van der Waals surface area contributed by atoms with Crippen LogP contribution in [-0.4, -0.2) is 56.0 Å². The van der Waals surface area contributed by atoms with Gasteiger partial charge in [-0.3, -0.25) is 4.79 Å². The summed E-state index contributed by atoms with van der Waals surface area (Å²) < 4.78 is 44.0. The lowest BCUT2D eigenvalue weighted by molar-refractivity contribution is -0.111. The number of aromatic nitrogens is 1. The highest BCUT2D eigenvalue weighted by atomic mass is 32.2. The van der Waals surface area contributed by atoms with Crippen LogP contribution in [0.4, 0.5) is 5.69 Å². The van der Waals surface area contributed by atoms with Crippen LogP contribution in [0.3, 0.4) is 0 Å². The second kappa shape index (κ2) is 9.74. The lowest BCUT2D eigenvalue weighted by Gasteiger charge is -2.26. The molecular formula is C23H25N3O6S. The predicted octanol–water partition coefficient (Wildman–Crippen LogP) is 3.29. The molecule has 9 nitrogen and oxygen atoms in total. The number of hydrogen-bond acceptors (Lipinski definition) is 7. The molecule has 1 aromatic heterocycles. The van der Waals surface area contributed by atoms with Gasteiger partial charge in [-0.15, -0.1) is 0 Å². The maximum absolute atomic E-state index is 13.0. The van der Waals surface area contributed by atoms with E-state index in [1.807, 2.05) is 32.0 Å². The van der Waals surface area contributed by atoms with Gasteiger partial charge in [-0.2, -0.15) is 4.31 Å². The molecule has 3 aromatic rings. The SMILES string of the molecule is CC(C)Oc1ccc(S(=O)(=O)N2CCOCC2)cc1NC(=O)C=Cc1nc2ccccc2o1. The van der Waals surface area contributed by atoms with Crippen LogP contribution in [0.2, 0.25) is 0 Å². The number of amides is 1. The van der Waals surface area contributed by atoms with Crippen molar-refractivity contribution in [1.82, 2.24) is 9.29 Å². The number of nitrogens with one attached hydrogen (secondary N) is 1. The topological polar surface area (TPSA) is 111 Å². The maximum atomic E-state index is 13.0. The third-order valence-corrected chi connectivity index (χ3v) is 6.76. The summed E-state index contributed by atoms with van der Waals surface area (Å²) in [4.78, 5) is 17.0. The number of fused-ring (bicyclic) bond motifs is 1. The molecule has 1 aliphatic heterocycles. The van der Waals surface area contributed by atoms with Crippen molar-refractivity contribution in [3.63, 3.8) is 0 Å². The van der Waals surface area contributed by atoms with Gasteiger partial charge in [-0.05, 0) is 44.2 Å². The molecule has 33 heavy (non-hydrogen) atoms. The normalized spacial score (nSPS) is 15.4. The molecule has 2 aromatic carbocycles. The minimum Gasteiger partial charge on any atom is -0.489 e. The molecule has 1 fully saturated rings. The predicted molar refractivity (Wildman–Crippen MR) is 123 cm³/mol. The third-order valence-electron chi connectivity index (χ3n) is 4.87. The summed E-state index contributed by atoms with van der Waals surface area (Å²) >= 11 is 0.